The maximum absolute atomic E-state index is 12.3. The summed E-state index contributed by atoms with van der Waals surface area (Å²) in [7, 11) is 0. The summed E-state index contributed by atoms with van der Waals surface area (Å²) in [4.78, 5) is 0. The molecule has 0 amide bonds. The topological polar surface area (TPSA) is 47.0 Å². The van der Waals surface area contributed by atoms with E-state index in [0.717, 1.165) is 32.0 Å². The van der Waals surface area contributed by atoms with Gasteiger partial charge in [-0.25, -0.2) is 0 Å². The van der Waals surface area contributed by atoms with Crippen LogP contribution in [0, 0.1) is 5.41 Å². The molecule has 0 aromatic carbocycles. The lowest BCUT2D eigenvalue weighted by atomic mass is 9.63. The predicted molar refractivity (Wildman–Crippen MR) is 56.0 cm³/mol. The van der Waals surface area contributed by atoms with Crippen molar-refractivity contribution in [1.82, 2.24) is 15.5 Å². The lowest BCUT2D eigenvalue weighted by Gasteiger charge is -2.53. The lowest BCUT2D eigenvalue weighted by Crippen LogP contribution is -2.62. The molecule has 0 bridgehead atoms. The van der Waals surface area contributed by atoms with Gasteiger partial charge in [0, 0.05) is 24.6 Å². The van der Waals surface area contributed by atoms with Crippen LogP contribution in [0.1, 0.15) is 18.5 Å². The van der Waals surface area contributed by atoms with Gasteiger partial charge in [0.1, 0.15) is 6.10 Å². The zero-order valence-electron chi connectivity index (χ0n) is 9.50. The first kappa shape index (κ1) is 11.7. The van der Waals surface area contributed by atoms with Crippen molar-refractivity contribution in [2.75, 3.05) is 13.1 Å². The summed E-state index contributed by atoms with van der Waals surface area (Å²) in [5.74, 6) is 0.162. The second kappa shape index (κ2) is 3.81. The van der Waals surface area contributed by atoms with Crippen molar-refractivity contribution in [3.8, 4) is 5.88 Å². The van der Waals surface area contributed by atoms with E-state index in [1.807, 2.05) is 0 Å². The van der Waals surface area contributed by atoms with Crippen LogP contribution in [0.4, 0.5) is 13.2 Å². The van der Waals surface area contributed by atoms with Gasteiger partial charge in [-0.15, -0.1) is 10.2 Å². The highest BCUT2D eigenvalue weighted by molar-refractivity contribution is 5.15. The number of rotatable bonds is 2. The van der Waals surface area contributed by atoms with Gasteiger partial charge < -0.3 is 10.1 Å². The highest BCUT2D eigenvalue weighted by Crippen LogP contribution is 2.45. The highest BCUT2D eigenvalue weighted by Gasteiger charge is 2.49. The average molecular weight is 259 g/mol. The zero-order chi connectivity index (χ0) is 12.8. The van der Waals surface area contributed by atoms with Gasteiger partial charge in [0.25, 0.3) is 0 Å². The Morgan fingerprint density at radius 2 is 1.94 bits per heavy atom. The monoisotopic (exact) mass is 259 g/mol. The average Bonchev–Trinajstić information content (AvgIpc) is 2.19. The molecule has 1 saturated carbocycles. The SMILES string of the molecule is FC(F)(F)c1ccc(OC2CC3(CNC3)C2)nn1. The first-order chi connectivity index (χ1) is 8.47. The van der Waals surface area contributed by atoms with Crippen molar-refractivity contribution in [3.05, 3.63) is 17.8 Å². The van der Waals surface area contributed by atoms with Crippen LogP contribution in [0.5, 0.6) is 5.88 Å². The fourth-order valence-electron chi connectivity index (χ4n) is 2.46. The first-order valence-electron chi connectivity index (χ1n) is 5.75. The summed E-state index contributed by atoms with van der Waals surface area (Å²) < 4.78 is 42.3. The second-order valence-electron chi connectivity index (χ2n) is 5.01. The van der Waals surface area contributed by atoms with Gasteiger partial charge in [0.2, 0.25) is 5.88 Å². The smallest absolute Gasteiger partial charge is 0.435 e. The largest absolute Gasteiger partial charge is 0.473 e. The van der Waals surface area contributed by atoms with E-state index in [1.165, 1.54) is 6.07 Å². The van der Waals surface area contributed by atoms with Crippen LogP contribution in [0.3, 0.4) is 0 Å². The van der Waals surface area contributed by atoms with Gasteiger partial charge in [-0.05, 0) is 18.9 Å². The van der Waals surface area contributed by atoms with E-state index < -0.39 is 11.9 Å². The predicted octanol–water partition coefficient (Wildman–Crippen LogP) is 1.63. The third kappa shape index (κ3) is 2.03. The number of ether oxygens (including phenoxy) is 1. The van der Waals surface area contributed by atoms with Gasteiger partial charge in [-0.2, -0.15) is 13.2 Å². The maximum atomic E-state index is 12.3. The van der Waals surface area contributed by atoms with E-state index >= 15 is 0 Å². The van der Waals surface area contributed by atoms with Gasteiger partial charge in [0.15, 0.2) is 5.69 Å². The van der Waals surface area contributed by atoms with E-state index in [2.05, 4.69) is 15.5 Å². The van der Waals surface area contributed by atoms with E-state index in [0.29, 0.717) is 5.41 Å². The molecule has 1 aromatic heterocycles. The summed E-state index contributed by atoms with van der Waals surface area (Å²) in [6, 6.07) is 2.11. The van der Waals surface area contributed by atoms with Crippen molar-refractivity contribution >= 4 is 0 Å². The summed E-state index contributed by atoms with van der Waals surface area (Å²) in [6.07, 6.45) is -2.53. The van der Waals surface area contributed by atoms with Crippen LogP contribution >= 0.6 is 0 Å². The standard InChI is InChI=1S/C11H12F3N3O/c12-11(13,14)8-1-2-9(17-16-8)18-7-3-10(4-7)5-15-6-10/h1-2,7,15H,3-6H2. The Labute approximate surface area is 102 Å². The summed E-state index contributed by atoms with van der Waals surface area (Å²) in [5.41, 5.74) is -0.632. The van der Waals surface area contributed by atoms with E-state index in [1.54, 1.807) is 0 Å². The van der Waals surface area contributed by atoms with Crippen LogP contribution in [0.25, 0.3) is 0 Å². The van der Waals surface area contributed by atoms with Crippen LogP contribution in [0.2, 0.25) is 0 Å². The van der Waals surface area contributed by atoms with Crippen LogP contribution in [-0.2, 0) is 6.18 Å². The minimum atomic E-state index is -4.45. The number of alkyl halides is 3. The first-order valence-corrected chi connectivity index (χ1v) is 5.75. The molecule has 1 N–H and O–H groups in total. The fraction of sp³-hybridized carbons (Fsp3) is 0.636. The molecule has 4 nitrogen and oxygen atoms in total. The highest BCUT2D eigenvalue weighted by atomic mass is 19.4. The third-order valence-corrected chi connectivity index (χ3v) is 3.54. The summed E-state index contributed by atoms with van der Waals surface area (Å²) in [6.45, 7) is 2.01. The molecule has 0 unspecified atom stereocenters. The van der Waals surface area contributed by atoms with E-state index in [9.17, 15) is 13.2 Å². The van der Waals surface area contributed by atoms with Gasteiger partial charge in [-0.3, -0.25) is 0 Å². The van der Waals surface area contributed by atoms with Gasteiger partial charge in [0.05, 0.1) is 0 Å². The summed E-state index contributed by atoms with van der Waals surface area (Å²) >= 11 is 0. The third-order valence-electron chi connectivity index (χ3n) is 3.54. The number of nitrogens with one attached hydrogen (secondary N) is 1. The number of aromatic nitrogens is 2. The van der Waals surface area contributed by atoms with Crippen molar-refractivity contribution in [3.63, 3.8) is 0 Å². The Kier molecular flexibility index (Phi) is 2.48. The van der Waals surface area contributed by atoms with Crippen molar-refractivity contribution in [1.29, 1.82) is 0 Å². The molecule has 1 aliphatic carbocycles. The molecule has 1 aromatic rings. The van der Waals surface area contributed by atoms with E-state index in [-0.39, 0.29) is 12.0 Å². The number of halogens is 3. The van der Waals surface area contributed by atoms with Gasteiger partial charge >= 0.3 is 6.18 Å². The Bertz CT molecular complexity index is 434. The molecule has 2 heterocycles. The second-order valence-corrected chi connectivity index (χ2v) is 5.01. The summed E-state index contributed by atoms with van der Waals surface area (Å²) in [5, 5.41) is 9.77. The van der Waals surface area contributed by atoms with E-state index in [4.69, 9.17) is 4.74 Å². The maximum Gasteiger partial charge on any atom is 0.435 e. The number of hydrogen-bond acceptors (Lipinski definition) is 4. The van der Waals surface area contributed by atoms with Crippen LogP contribution in [-0.4, -0.2) is 29.4 Å². The van der Waals surface area contributed by atoms with Crippen molar-refractivity contribution in [2.24, 2.45) is 5.41 Å². The Balaban J connectivity index is 1.57. The molecule has 2 aliphatic rings. The van der Waals surface area contributed by atoms with Crippen molar-refractivity contribution in [2.45, 2.75) is 25.1 Å². The molecular formula is C11H12F3N3O. The quantitative estimate of drug-likeness (QED) is 0.876. The molecule has 1 saturated heterocycles. The van der Waals surface area contributed by atoms with Crippen LogP contribution < -0.4 is 10.1 Å². The molecular weight excluding hydrogens is 247 g/mol. The zero-order valence-corrected chi connectivity index (χ0v) is 9.50. The van der Waals surface area contributed by atoms with Crippen molar-refractivity contribution < 1.29 is 17.9 Å². The lowest BCUT2D eigenvalue weighted by molar-refractivity contribution is -0.141. The number of nitrogens with zero attached hydrogens (tertiary/aromatic N) is 2. The normalized spacial score (nSPS) is 22.4. The Morgan fingerprint density at radius 1 is 1.22 bits per heavy atom. The molecule has 3 rings (SSSR count). The molecule has 18 heavy (non-hydrogen) atoms. The molecule has 2 fully saturated rings. The molecule has 0 radical (unpaired) electrons. The Morgan fingerprint density at radius 3 is 2.39 bits per heavy atom. The molecule has 0 atom stereocenters. The molecule has 1 aliphatic heterocycles. The minimum absolute atomic E-state index is 0.0538. The minimum Gasteiger partial charge on any atom is -0.473 e. The number of hydrogen-bond donors (Lipinski definition) is 1. The Hall–Kier alpha value is -1.37. The van der Waals surface area contributed by atoms with Crippen LogP contribution in [0.15, 0.2) is 12.1 Å². The van der Waals surface area contributed by atoms with Gasteiger partial charge in [-0.1, -0.05) is 0 Å². The fourth-order valence-corrected chi connectivity index (χ4v) is 2.46. The molecule has 7 heteroatoms. The molecule has 1 spiro atoms. The molecule has 98 valence electrons.